The summed E-state index contributed by atoms with van der Waals surface area (Å²) in [5, 5.41) is 7.13. The van der Waals surface area contributed by atoms with Crippen LogP contribution in [0.15, 0.2) is 0 Å². The molecule has 1 aliphatic heterocycles. The highest BCUT2D eigenvalue weighted by atomic mass is 32.2. The van der Waals surface area contributed by atoms with Crippen LogP contribution in [0.4, 0.5) is 0 Å². The second-order valence-corrected chi connectivity index (χ2v) is 5.10. The van der Waals surface area contributed by atoms with E-state index in [2.05, 4.69) is 29.3 Å². The highest BCUT2D eigenvalue weighted by Gasteiger charge is 2.32. The van der Waals surface area contributed by atoms with Gasteiger partial charge in [-0.25, -0.2) is 0 Å². The molecule has 3 atom stereocenters. The number of hydrogen-bond acceptors (Lipinski definition) is 3. The van der Waals surface area contributed by atoms with E-state index in [0.29, 0.717) is 0 Å². The zero-order chi connectivity index (χ0) is 8.39. The smallest absolute Gasteiger partial charge is 0.0283 e. The van der Waals surface area contributed by atoms with Gasteiger partial charge in [0.2, 0.25) is 0 Å². The Hall–Kier alpha value is 0.270. The highest BCUT2D eigenvalue weighted by molar-refractivity contribution is 7.99. The van der Waals surface area contributed by atoms with Crippen molar-refractivity contribution in [1.82, 2.24) is 10.6 Å². The molecule has 1 saturated heterocycles. The molecule has 2 rings (SSSR count). The maximum absolute atomic E-state index is 3.60. The largest absolute Gasteiger partial charge is 0.312 e. The minimum absolute atomic E-state index is 0.719. The van der Waals surface area contributed by atoms with Gasteiger partial charge in [0.25, 0.3) is 0 Å². The van der Waals surface area contributed by atoms with E-state index >= 15 is 0 Å². The summed E-state index contributed by atoms with van der Waals surface area (Å²) >= 11 is 2.07. The Morgan fingerprint density at radius 2 is 2.42 bits per heavy atom. The molecule has 2 N–H and O–H groups in total. The van der Waals surface area contributed by atoms with Crippen LogP contribution in [0, 0.1) is 5.92 Å². The fraction of sp³-hybridized carbons (Fsp3) is 1.00. The van der Waals surface area contributed by atoms with E-state index in [4.69, 9.17) is 0 Å². The van der Waals surface area contributed by atoms with Gasteiger partial charge in [-0.05, 0) is 12.3 Å². The second kappa shape index (κ2) is 3.99. The van der Waals surface area contributed by atoms with Crippen LogP contribution in [-0.4, -0.2) is 36.7 Å². The molecule has 12 heavy (non-hydrogen) atoms. The molecule has 1 saturated carbocycles. The van der Waals surface area contributed by atoms with Gasteiger partial charge >= 0.3 is 0 Å². The molecule has 0 radical (unpaired) electrons. The lowest BCUT2D eigenvalue weighted by Crippen LogP contribution is -2.45. The third kappa shape index (κ3) is 2.38. The first-order valence-electron chi connectivity index (χ1n) is 4.91. The lowest BCUT2D eigenvalue weighted by molar-refractivity contribution is 0.505. The number of thioether (sulfide) groups is 1. The molecule has 2 fully saturated rings. The van der Waals surface area contributed by atoms with Gasteiger partial charge in [-0.3, -0.25) is 0 Å². The van der Waals surface area contributed by atoms with Crippen molar-refractivity contribution < 1.29 is 0 Å². The van der Waals surface area contributed by atoms with Crippen molar-refractivity contribution in [3.05, 3.63) is 0 Å². The Bertz CT molecular complexity index is 145. The average molecular weight is 186 g/mol. The molecule has 1 aliphatic carbocycles. The van der Waals surface area contributed by atoms with E-state index in [0.717, 1.165) is 18.0 Å². The number of nitrogens with one attached hydrogen (secondary N) is 2. The van der Waals surface area contributed by atoms with Gasteiger partial charge in [-0.1, -0.05) is 6.92 Å². The Balaban J connectivity index is 1.59. The van der Waals surface area contributed by atoms with Crippen molar-refractivity contribution in [3.63, 3.8) is 0 Å². The van der Waals surface area contributed by atoms with Crippen molar-refractivity contribution in [2.45, 2.75) is 25.4 Å². The summed E-state index contributed by atoms with van der Waals surface area (Å²) in [6, 6.07) is 1.55. The van der Waals surface area contributed by atoms with Crippen LogP contribution in [0.25, 0.3) is 0 Å². The summed E-state index contributed by atoms with van der Waals surface area (Å²) in [5.74, 6) is 3.51. The molecule has 0 aromatic heterocycles. The van der Waals surface area contributed by atoms with Gasteiger partial charge in [0.15, 0.2) is 0 Å². The summed E-state index contributed by atoms with van der Waals surface area (Å²) in [6.45, 7) is 4.68. The van der Waals surface area contributed by atoms with E-state index in [-0.39, 0.29) is 0 Å². The van der Waals surface area contributed by atoms with Crippen LogP contribution in [0.5, 0.6) is 0 Å². The van der Waals surface area contributed by atoms with E-state index in [1.54, 1.807) is 0 Å². The standard InChI is InChI=1S/C9H18N2S/c1-7-4-9(7)11-5-8-6-12-3-2-10-8/h7-11H,2-6H2,1H3. The van der Waals surface area contributed by atoms with E-state index in [1.807, 2.05) is 0 Å². The molecule has 3 unspecified atom stereocenters. The quantitative estimate of drug-likeness (QED) is 0.678. The highest BCUT2D eigenvalue weighted by Crippen LogP contribution is 2.28. The summed E-state index contributed by atoms with van der Waals surface area (Å²) in [6.07, 6.45) is 1.39. The molecule has 70 valence electrons. The van der Waals surface area contributed by atoms with Crippen molar-refractivity contribution in [2.75, 3.05) is 24.6 Å². The second-order valence-electron chi connectivity index (χ2n) is 3.95. The molecule has 2 nitrogen and oxygen atoms in total. The summed E-state index contributed by atoms with van der Waals surface area (Å²) < 4.78 is 0. The van der Waals surface area contributed by atoms with Gasteiger partial charge in [-0.2, -0.15) is 11.8 Å². The van der Waals surface area contributed by atoms with E-state index in [9.17, 15) is 0 Å². The topological polar surface area (TPSA) is 24.1 Å². The first-order valence-corrected chi connectivity index (χ1v) is 6.06. The molecule has 0 spiro atoms. The Morgan fingerprint density at radius 3 is 3.00 bits per heavy atom. The number of hydrogen-bond donors (Lipinski definition) is 2. The third-order valence-electron chi connectivity index (χ3n) is 2.73. The van der Waals surface area contributed by atoms with Crippen molar-refractivity contribution in [1.29, 1.82) is 0 Å². The van der Waals surface area contributed by atoms with Crippen LogP contribution in [0.3, 0.4) is 0 Å². The predicted octanol–water partition coefficient (Wildman–Crippen LogP) is 0.689. The molecule has 0 amide bonds. The zero-order valence-electron chi connectivity index (χ0n) is 7.68. The summed E-state index contributed by atoms with van der Waals surface area (Å²) in [4.78, 5) is 0. The molecule has 0 aromatic carbocycles. The monoisotopic (exact) mass is 186 g/mol. The van der Waals surface area contributed by atoms with E-state index < -0.39 is 0 Å². The van der Waals surface area contributed by atoms with Crippen molar-refractivity contribution >= 4 is 11.8 Å². The Labute approximate surface area is 78.9 Å². The molecule has 0 bridgehead atoms. The molecular formula is C9H18N2S. The van der Waals surface area contributed by atoms with Crippen LogP contribution in [-0.2, 0) is 0 Å². The lowest BCUT2D eigenvalue weighted by atomic mass is 10.3. The van der Waals surface area contributed by atoms with Crippen molar-refractivity contribution in [2.24, 2.45) is 5.92 Å². The predicted molar refractivity (Wildman–Crippen MR) is 54.7 cm³/mol. The molecule has 1 heterocycles. The summed E-state index contributed by atoms with van der Waals surface area (Å²) in [7, 11) is 0. The molecule has 0 aromatic rings. The zero-order valence-corrected chi connectivity index (χ0v) is 8.49. The normalized spacial score (nSPS) is 41.2. The minimum atomic E-state index is 0.719. The lowest BCUT2D eigenvalue weighted by Gasteiger charge is -2.23. The minimum Gasteiger partial charge on any atom is -0.312 e. The maximum atomic E-state index is 3.60. The molecular weight excluding hydrogens is 168 g/mol. The first-order chi connectivity index (χ1) is 5.86. The van der Waals surface area contributed by atoms with Crippen LogP contribution in [0.1, 0.15) is 13.3 Å². The first kappa shape index (κ1) is 8.85. The van der Waals surface area contributed by atoms with Gasteiger partial charge in [-0.15, -0.1) is 0 Å². The average Bonchev–Trinajstić information content (AvgIpc) is 2.81. The van der Waals surface area contributed by atoms with Gasteiger partial charge in [0.1, 0.15) is 0 Å². The number of rotatable bonds is 3. The van der Waals surface area contributed by atoms with Crippen LogP contribution >= 0.6 is 11.8 Å². The fourth-order valence-electron chi connectivity index (χ4n) is 1.65. The van der Waals surface area contributed by atoms with Gasteiger partial charge in [0.05, 0.1) is 0 Å². The molecule has 3 heteroatoms. The molecule has 2 aliphatic rings. The van der Waals surface area contributed by atoms with Crippen molar-refractivity contribution in [3.8, 4) is 0 Å². The van der Waals surface area contributed by atoms with Crippen LogP contribution < -0.4 is 10.6 Å². The van der Waals surface area contributed by atoms with Gasteiger partial charge in [0, 0.05) is 36.7 Å². The SMILES string of the molecule is CC1CC1NCC1CSCCN1. The summed E-state index contributed by atoms with van der Waals surface area (Å²) in [5.41, 5.74) is 0. The maximum Gasteiger partial charge on any atom is 0.0283 e. The fourth-order valence-corrected chi connectivity index (χ4v) is 2.60. The van der Waals surface area contributed by atoms with Gasteiger partial charge < -0.3 is 10.6 Å². The van der Waals surface area contributed by atoms with Crippen LogP contribution in [0.2, 0.25) is 0 Å². The third-order valence-corrected chi connectivity index (χ3v) is 3.87. The van der Waals surface area contributed by atoms with E-state index in [1.165, 1.54) is 31.0 Å². The Morgan fingerprint density at radius 1 is 1.58 bits per heavy atom. The Kier molecular flexibility index (Phi) is 2.94.